The Morgan fingerprint density at radius 2 is 1.91 bits per heavy atom. The molecule has 1 fully saturated rings. The summed E-state index contributed by atoms with van der Waals surface area (Å²) in [6.07, 6.45) is 2.09. The highest BCUT2D eigenvalue weighted by Crippen LogP contribution is 2.33. The van der Waals surface area contributed by atoms with Crippen LogP contribution < -0.4 is 0 Å². The van der Waals surface area contributed by atoms with Gasteiger partial charge in [-0.1, -0.05) is 40.9 Å². The van der Waals surface area contributed by atoms with Gasteiger partial charge in [-0.2, -0.15) is 0 Å². The van der Waals surface area contributed by atoms with Crippen LogP contribution in [0.1, 0.15) is 36.0 Å². The van der Waals surface area contributed by atoms with Crippen molar-refractivity contribution in [2.24, 2.45) is 11.8 Å². The van der Waals surface area contributed by atoms with Gasteiger partial charge in [-0.3, -0.25) is 9.59 Å². The van der Waals surface area contributed by atoms with Crippen molar-refractivity contribution in [2.45, 2.75) is 32.0 Å². The summed E-state index contributed by atoms with van der Waals surface area (Å²) < 4.78 is 11.0. The lowest BCUT2D eigenvalue weighted by Crippen LogP contribution is -2.38. The molecule has 1 aromatic rings. The fraction of sp³-hybridized carbons (Fsp3) is 0.529. The summed E-state index contributed by atoms with van der Waals surface area (Å²) in [5.41, 5.74) is 0.522. The van der Waals surface area contributed by atoms with E-state index in [4.69, 9.17) is 9.47 Å². The van der Waals surface area contributed by atoms with E-state index in [1.165, 1.54) is 7.11 Å². The molecule has 0 heterocycles. The third kappa shape index (κ3) is 4.86. The molecule has 23 heavy (non-hydrogen) atoms. The second-order valence-corrected chi connectivity index (χ2v) is 6.63. The van der Waals surface area contributed by atoms with E-state index in [0.717, 1.165) is 17.3 Å². The number of rotatable bonds is 6. The number of methoxy groups -OCH3 is 1. The Kier molecular flexibility index (Phi) is 6.74. The number of Topliss-reactive ketones (excluding diaryl/α,β-unsaturated/α-hetero) is 1. The van der Waals surface area contributed by atoms with Crippen molar-refractivity contribution in [1.29, 1.82) is 0 Å². The molecule has 1 saturated carbocycles. The third-order valence-corrected chi connectivity index (χ3v) is 4.77. The zero-order valence-electron chi connectivity index (χ0n) is 13.0. The standard InChI is InChI=1S/C17H21BrO5/c1-22-16(20)13-4-2-3-5-14(13)17(21)23-10-15(19)11-6-8-12(18)9-7-11/h6-9,13-14,17,21H,2-5,10H2,1H3. The van der Waals surface area contributed by atoms with Crippen molar-refractivity contribution in [2.75, 3.05) is 13.7 Å². The second kappa shape index (κ2) is 8.57. The number of ketones is 1. The zero-order chi connectivity index (χ0) is 16.8. The molecule has 0 bridgehead atoms. The lowest BCUT2D eigenvalue weighted by atomic mass is 9.79. The molecule has 0 radical (unpaired) electrons. The molecule has 0 amide bonds. The number of benzene rings is 1. The Morgan fingerprint density at radius 3 is 2.57 bits per heavy atom. The van der Waals surface area contributed by atoms with Gasteiger partial charge in [-0.15, -0.1) is 0 Å². The van der Waals surface area contributed by atoms with Gasteiger partial charge in [0, 0.05) is 16.0 Å². The monoisotopic (exact) mass is 384 g/mol. The van der Waals surface area contributed by atoms with Crippen LogP contribution in [0.4, 0.5) is 0 Å². The predicted octanol–water partition coefficient (Wildman–Crippen LogP) is 2.95. The van der Waals surface area contributed by atoms with Crippen LogP contribution in [0, 0.1) is 11.8 Å². The Bertz CT molecular complexity index is 542. The molecule has 5 nitrogen and oxygen atoms in total. The van der Waals surface area contributed by atoms with E-state index < -0.39 is 6.29 Å². The van der Waals surface area contributed by atoms with E-state index >= 15 is 0 Å². The number of halogens is 1. The number of aliphatic hydroxyl groups excluding tert-OH is 1. The van der Waals surface area contributed by atoms with Crippen LogP contribution in [0.2, 0.25) is 0 Å². The molecule has 1 aliphatic rings. The van der Waals surface area contributed by atoms with E-state index in [0.29, 0.717) is 18.4 Å². The average Bonchev–Trinajstić information content (AvgIpc) is 2.59. The van der Waals surface area contributed by atoms with Crippen LogP contribution >= 0.6 is 15.9 Å². The maximum Gasteiger partial charge on any atom is 0.309 e. The summed E-state index contributed by atoms with van der Waals surface area (Å²) in [4.78, 5) is 23.9. The molecule has 6 heteroatoms. The van der Waals surface area contributed by atoms with Gasteiger partial charge >= 0.3 is 5.97 Å². The van der Waals surface area contributed by atoms with Crippen molar-refractivity contribution in [3.05, 3.63) is 34.3 Å². The minimum Gasteiger partial charge on any atom is -0.469 e. The first-order valence-electron chi connectivity index (χ1n) is 7.69. The summed E-state index contributed by atoms with van der Waals surface area (Å²) in [5, 5.41) is 10.2. The number of carbonyl (C=O) groups is 2. The molecule has 1 N–H and O–H groups in total. The lowest BCUT2D eigenvalue weighted by Gasteiger charge is -2.32. The average molecular weight is 385 g/mol. The normalized spacial score (nSPS) is 22.4. The first kappa shape index (κ1) is 18.1. The van der Waals surface area contributed by atoms with Crippen molar-refractivity contribution in [3.63, 3.8) is 0 Å². The molecule has 126 valence electrons. The fourth-order valence-electron chi connectivity index (χ4n) is 2.95. The molecule has 1 aliphatic carbocycles. The summed E-state index contributed by atoms with van der Waals surface area (Å²) in [7, 11) is 1.35. The minimum absolute atomic E-state index is 0.207. The Labute approximate surface area is 144 Å². The van der Waals surface area contributed by atoms with Gasteiger partial charge in [-0.25, -0.2) is 0 Å². The van der Waals surface area contributed by atoms with Crippen LogP contribution in [0.3, 0.4) is 0 Å². The van der Waals surface area contributed by atoms with E-state index in [9.17, 15) is 14.7 Å². The SMILES string of the molecule is COC(=O)C1CCCCC1C(O)OCC(=O)c1ccc(Br)cc1. The molecule has 1 aromatic carbocycles. The fourth-order valence-corrected chi connectivity index (χ4v) is 3.21. The van der Waals surface area contributed by atoms with E-state index in [1.807, 2.05) is 0 Å². The second-order valence-electron chi connectivity index (χ2n) is 5.71. The Balaban J connectivity index is 1.92. The largest absolute Gasteiger partial charge is 0.469 e. The quantitative estimate of drug-likeness (QED) is 0.463. The number of hydrogen-bond acceptors (Lipinski definition) is 5. The topological polar surface area (TPSA) is 72.8 Å². The smallest absolute Gasteiger partial charge is 0.309 e. The number of aliphatic hydroxyl groups is 1. The molecule has 3 atom stereocenters. The van der Waals surface area contributed by atoms with Crippen molar-refractivity contribution < 1.29 is 24.2 Å². The highest BCUT2D eigenvalue weighted by molar-refractivity contribution is 9.10. The molecule has 2 rings (SSSR count). The summed E-state index contributed by atoms with van der Waals surface area (Å²) >= 11 is 3.31. The van der Waals surface area contributed by atoms with Crippen LogP contribution in [0.5, 0.6) is 0 Å². The molecular weight excluding hydrogens is 364 g/mol. The summed E-state index contributed by atoms with van der Waals surface area (Å²) in [6.45, 7) is -0.215. The highest BCUT2D eigenvalue weighted by atomic mass is 79.9. The number of hydrogen-bond donors (Lipinski definition) is 1. The molecule has 0 aliphatic heterocycles. The van der Waals surface area contributed by atoms with Gasteiger partial charge in [0.2, 0.25) is 0 Å². The summed E-state index contributed by atoms with van der Waals surface area (Å²) in [6, 6.07) is 6.94. The van der Waals surface area contributed by atoms with Crippen LogP contribution in [0.15, 0.2) is 28.7 Å². The Morgan fingerprint density at radius 1 is 1.26 bits per heavy atom. The van der Waals surface area contributed by atoms with Crippen molar-refractivity contribution in [3.8, 4) is 0 Å². The van der Waals surface area contributed by atoms with Gasteiger partial charge in [0.15, 0.2) is 12.1 Å². The third-order valence-electron chi connectivity index (χ3n) is 4.24. The maximum atomic E-state index is 12.1. The maximum absolute atomic E-state index is 12.1. The summed E-state index contributed by atoms with van der Waals surface area (Å²) in [5.74, 6) is -1.22. The van der Waals surface area contributed by atoms with E-state index in [-0.39, 0.29) is 30.2 Å². The van der Waals surface area contributed by atoms with Crippen molar-refractivity contribution in [1.82, 2.24) is 0 Å². The number of carbonyl (C=O) groups excluding carboxylic acids is 2. The predicted molar refractivity (Wildman–Crippen MR) is 87.9 cm³/mol. The van der Waals surface area contributed by atoms with Gasteiger partial charge in [0.1, 0.15) is 6.61 Å². The van der Waals surface area contributed by atoms with E-state index in [2.05, 4.69) is 15.9 Å². The molecule has 0 aromatic heterocycles. The van der Waals surface area contributed by atoms with Crippen LogP contribution in [-0.2, 0) is 14.3 Å². The molecule has 3 unspecified atom stereocenters. The van der Waals surface area contributed by atoms with E-state index in [1.54, 1.807) is 24.3 Å². The first-order valence-corrected chi connectivity index (χ1v) is 8.48. The van der Waals surface area contributed by atoms with Gasteiger partial charge in [0.25, 0.3) is 0 Å². The van der Waals surface area contributed by atoms with Crippen molar-refractivity contribution >= 4 is 27.7 Å². The first-order chi connectivity index (χ1) is 11.0. The molecule has 0 saturated heterocycles. The van der Waals surface area contributed by atoms with Crippen LogP contribution in [0.25, 0.3) is 0 Å². The minimum atomic E-state index is -1.14. The highest BCUT2D eigenvalue weighted by Gasteiger charge is 2.37. The molecule has 0 spiro atoms. The number of esters is 1. The Hall–Kier alpha value is -1.24. The zero-order valence-corrected chi connectivity index (χ0v) is 14.6. The number of ether oxygens (including phenoxy) is 2. The lowest BCUT2D eigenvalue weighted by molar-refractivity contribution is -0.170. The van der Waals surface area contributed by atoms with Gasteiger partial charge in [0.05, 0.1) is 13.0 Å². The van der Waals surface area contributed by atoms with Gasteiger partial charge in [-0.05, 0) is 25.0 Å². The molecular formula is C17H21BrO5. The van der Waals surface area contributed by atoms with Crippen LogP contribution in [-0.4, -0.2) is 36.9 Å². The van der Waals surface area contributed by atoms with Gasteiger partial charge < -0.3 is 14.6 Å².